The zero-order chi connectivity index (χ0) is 68.9. The molecule has 17 nitrogen and oxygen atoms in total. The molecule has 5 atom stereocenters. The molecule has 552 valence electrons. The van der Waals surface area contributed by atoms with Crippen molar-refractivity contribution < 1.29 is 80.2 Å². The molecular weight excluding hydrogens is 1220 g/mol. The first-order valence-corrected chi connectivity index (χ1v) is 41.2. The summed E-state index contributed by atoms with van der Waals surface area (Å²) < 4.78 is 68.4. The predicted molar refractivity (Wildman–Crippen MR) is 377 cm³/mol. The van der Waals surface area contributed by atoms with Gasteiger partial charge in [0.25, 0.3) is 0 Å². The lowest BCUT2D eigenvalue weighted by atomic mass is 10.0. The Hall–Kier alpha value is -1.94. The number of hydrogen-bond donors (Lipinski definition) is 3. The van der Waals surface area contributed by atoms with Crippen LogP contribution in [0.25, 0.3) is 0 Å². The molecule has 0 aromatic carbocycles. The molecule has 0 aliphatic carbocycles. The van der Waals surface area contributed by atoms with Gasteiger partial charge in [0.2, 0.25) is 0 Å². The maximum Gasteiger partial charge on any atom is 0.472 e. The van der Waals surface area contributed by atoms with E-state index in [4.69, 9.17) is 37.0 Å². The number of unbranched alkanes of at least 4 members (excludes halogenated alkanes) is 37. The largest absolute Gasteiger partial charge is 0.472 e. The highest BCUT2D eigenvalue weighted by molar-refractivity contribution is 7.47. The first-order chi connectivity index (χ1) is 44.6. The number of hydrogen-bond acceptors (Lipinski definition) is 15. The van der Waals surface area contributed by atoms with Crippen LogP contribution >= 0.6 is 15.6 Å². The molecule has 0 radical (unpaired) electrons. The van der Waals surface area contributed by atoms with Crippen LogP contribution < -0.4 is 0 Å². The van der Waals surface area contributed by atoms with Crippen molar-refractivity contribution in [2.24, 2.45) is 23.7 Å². The maximum absolute atomic E-state index is 13.1. The number of phosphoric acid groups is 2. The fraction of sp³-hybridized carbons (Fsp3) is 0.946. The van der Waals surface area contributed by atoms with E-state index in [0.717, 1.165) is 114 Å². The minimum Gasteiger partial charge on any atom is -0.462 e. The van der Waals surface area contributed by atoms with Gasteiger partial charge in [0.15, 0.2) is 12.2 Å². The minimum atomic E-state index is -4.96. The van der Waals surface area contributed by atoms with Crippen molar-refractivity contribution >= 4 is 39.5 Å². The SMILES string of the molecule is CC(C)CCCCCCCCCCCCCCCCCC(=O)OC[C@H](COP(=O)(O)OC[C@@H](O)COP(=O)(O)OC[C@@H](COC(=O)CCCCCCCCC(C)C)OC(=O)CCCCCCCCCCC(C)C)OC(=O)CCCCCCCCCCCCCCC(C)C. The third kappa shape index (κ3) is 68.4. The number of carbonyl (C=O) groups excluding carboxylic acids is 4. The minimum absolute atomic E-state index is 0.103. The summed E-state index contributed by atoms with van der Waals surface area (Å²) in [6, 6.07) is 0. The topological polar surface area (TPSA) is 237 Å². The van der Waals surface area contributed by atoms with Crippen LogP contribution in [0.5, 0.6) is 0 Å². The quantitative estimate of drug-likeness (QED) is 0.0222. The van der Waals surface area contributed by atoms with Gasteiger partial charge < -0.3 is 33.8 Å². The zero-order valence-corrected chi connectivity index (χ0v) is 62.7. The van der Waals surface area contributed by atoms with Crippen LogP contribution in [0.2, 0.25) is 0 Å². The van der Waals surface area contributed by atoms with Crippen molar-refractivity contribution in [1.29, 1.82) is 0 Å². The number of aliphatic hydroxyl groups is 1. The molecule has 0 rings (SSSR count). The Morgan fingerprint density at radius 1 is 0.269 bits per heavy atom. The van der Waals surface area contributed by atoms with E-state index in [1.807, 2.05) is 0 Å². The molecule has 3 N–H and O–H groups in total. The number of carbonyl (C=O) groups is 4. The number of ether oxygens (including phenoxy) is 4. The summed E-state index contributed by atoms with van der Waals surface area (Å²) in [6.07, 6.45) is 47.4. The van der Waals surface area contributed by atoms with Crippen molar-refractivity contribution in [3.05, 3.63) is 0 Å². The average Bonchev–Trinajstić information content (AvgIpc) is 3.70. The summed E-state index contributed by atoms with van der Waals surface area (Å²) in [5, 5.41) is 10.6. The molecule has 0 aliphatic rings. The lowest BCUT2D eigenvalue weighted by Crippen LogP contribution is -2.30. The summed E-state index contributed by atoms with van der Waals surface area (Å²) in [4.78, 5) is 72.7. The van der Waals surface area contributed by atoms with Gasteiger partial charge in [0, 0.05) is 25.7 Å². The van der Waals surface area contributed by atoms with Crippen LogP contribution in [0, 0.1) is 23.7 Å². The number of rotatable bonds is 71. The summed E-state index contributed by atoms with van der Waals surface area (Å²) in [5.41, 5.74) is 0. The van der Waals surface area contributed by atoms with Gasteiger partial charge in [-0.15, -0.1) is 0 Å². The standard InChI is InChI=1S/C74H144O17P2/c1-64(2)50-42-34-26-20-16-12-10-9-11-13-18-22-29-38-46-54-71(76)84-60-69(90-73(78)56-48-40-30-23-19-15-14-17-21-27-35-43-51-65(3)4)62-88-92(80,81)86-58-68(75)59-87-93(82,83)89-63-70(61-85-72(77)55-47-39-33-32-37-45-53-67(7)8)91-74(79)57-49-41-31-25-24-28-36-44-52-66(5)6/h64-70,75H,9-63H2,1-8H3,(H,80,81)(H,82,83)/t68-,69-,70-/m1/s1. The molecule has 0 amide bonds. The highest BCUT2D eigenvalue weighted by Crippen LogP contribution is 2.45. The summed E-state index contributed by atoms with van der Waals surface area (Å²) in [7, 11) is -9.91. The molecule has 19 heteroatoms. The van der Waals surface area contributed by atoms with Crippen molar-refractivity contribution in [1.82, 2.24) is 0 Å². The smallest absolute Gasteiger partial charge is 0.462 e. The Bertz CT molecular complexity index is 1830. The Morgan fingerprint density at radius 2 is 0.452 bits per heavy atom. The van der Waals surface area contributed by atoms with Crippen LogP contribution in [0.15, 0.2) is 0 Å². The van der Waals surface area contributed by atoms with E-state index in [1.165, 1.54) is 167 Å². The van der Waals surface area contributed by atoms with Crippen LogP contribution in [0.3, 0.4) is 0 Å². The van der Waals surface area contributed by atoms with Crippen LogP contribution in [-0.2, 0) is 65.4 Å². The molecule has 0 heterocycles. The van der Waals surface area contributed by atoms with Gasteiger partial charge >= 0.3 is 39.5 Å². The highest BCUT2D eigenvalue weighted by Gasteiger charge is 2.30. The molecule has 93 heavy (non-hydrogen) atoms. The van der Waals surface area contributed by atoms with E-state index < -0.39 is 97.5 Å². The maximum atomic E-state index is 13.1. The van der Waals surface area contributed by atoms with Crippen molar-refractivity contribution in [3.8, 4) is 0 Å². The molecule has 0 fully saturated rings. The van der Waals surface area contributed by atoms with E-state index in [0.29, 0.717) is 31.6 Å². The summed E-state index contributed by atoms with van der Waals surface area (Å²) in [5.74, 6) is 0.854. The van der Waals surface area contributed by atoms with Crippen LogP contribution in [0.4, 0.5) is 0 Å². The van der Waals surface area contributed by atoms with Crippen molar-refractivity contribution in [3.63, 3.8) is 0 Å². The first-order valence-electron chi connectivity index (χ1n) is 38.2. The van der Waals surface area contributed by atoms with E-state index in [1.54, 1.807) is 0 Å². The van der Waals surface area contributed by atoms with Crippen LogP contribution in [-0.4, -0.2) is 96.7 Å². The van der Waals surface area contributed by atoms with E-state index in [-0.39, 0.29) is 25.7 Å². The number of esters is 4. The third-order valence-electron chi connectivity index (χ3n) is 17.1. The molecule has 2 unspecified atom stereocenters. The third-order valence-corrected chi connectivity index (χ3v) is 19.0. The van der Waals surface area contributed by atoms with Gasteiger partial charge in [-0.1, -0.05) is 319 Å². The predicted octanol–water partition coefficient (Wildman–Crippen LogP) is 21.3. The Morgan fingerprint density at radius 3 is 0.667 bits per heavy atom. The Kier molecular flexibility index (Phi) is 62.2. The molecular formula is C74H144O17P2. The number of aliphatic hydroxyl groups excluding tert-OH is 1. The fourth-order valence-electron chi connectivity index (χ4n) is 11.2. The second-order valence-corrected chi connectivity index (χ2v) is 31.5. The van der Waals surface area contributed by atoms with Gasteiger partial charge in [-0.05, 0) is 49.4 Å². The average molecular weight is 1370 g/mol. The number of phosphoric ester groups is 2. The Balaban J connectivity index is 5.22. The summed E-state index contributed by atoms with van der Waals surface area (Å²) >= 11 is 0. The lowest BCUT2D eigenvalue weighted by molar-refractivity contribution is -0.161. The molecule has 0 bridgehead atoms. The molecule has 0 aliphatic heterocycles. The van der Waals surface area contributed by atoms with Crippen molar-refractivity contribution in [2.75, 3.05) is 39.6 Å². The zero-order valence-electron chi connectivity index (χ0n) is 60.9. The van der Waals surface area contributed by atoms with E-state index >= 15 is 0 Å². The van der Waals surface area contributed by atoms with Gasteiger partial charge in [-0.25, -0.2) is 9.13 Å². The van der Waals surface area contributed by atoms with Gasteiger partial charge in [0.05, 0.1) is 26.4 Å². The highest BCUT2D eigenvalue weighted by atomic mass is 31.2. The molecule has 0 saturated heterocycles. The molecule has 0 aromatic rings. The monoisotopic (exact) mass is 1370 g/mol. The van der Waals surface area contributed by atoms with Gasteiger partial charge in [-0.3, -0.25) is 37.3 Å². The fourth-order valence-corrected chi connectivity index (χ4v) is 12.8. The normalized spacial score (nSPS) is 14.2. The summed E-state index contributed by atoms with van der Waals surface area (Å²) in [6.45, 7) is 14.1. The molecule has 0 saturated carbocycles. The van der Waals surface area contributed by atoms with Gasteiger partial charge in [-0.2, -0.15) is 0 Å². The van der Waals surface area contributed by atoms with Crippen LogP contribution in [0.1, 0.15) is 370 Å². The Labute approximate surface area is 568 Å². The van der Waals surface area contributed by atoms with E-state index in [9.17, 15) is 43.2 Å². The second-order valence-electron chi connectivity index (χ2n) is 28.6. The second kappa shape index (κ2) is 63.5. The van der Waals surface area contributed by atoms with Gasteiger partial charge in [0.1, 0.15) is 19.3 Å². The molecule has 0 aromatic heterocycles. The van der Waals surface area contributed by atoms with Crippen molar-refractivity contribution in [2.45, 2.75) is 388 Å². The molecule has 0 spiro atoms. The first kappa shape index (κ1) is 91.1. The lowest BCUT2D eigenvalue weighted by Gasteiger charge is -2.21. The van der Waals surface area contributed by atoms with E-state index in [2.05, 4.69) is 55.4 Å².